The van der Waals surface area contributed by atoms with Crippen molar-refractivity contribution in [2.24, 2.45) is 11.8 Å². The molecule has 2 aliphatic rings. The molecule has 30 heavy (non-hydrogen) atoms. The maximum absolute atomic E-state index is 13.5. The summed E-state index contributed by atoms with van der Waals surface area (Å²) in [5.41, 5.74) is 1.89. The highest BCUT2D eigenvalue weighted by molar-refractivity contribution is 8.26. The molecule has 2 aromatic heterocycles. The maximum atomic E-state index is 13.5. The van der Waals surface area contributed by atoms with Crippen LogP contribution in [-0.2, 0) is 4.79 Å². The molecular formula is C22H26N4O2S2. The number of aromatic nitrogens is 2. The topological polar surface area (TPSA) is 57.9 Å². The minimum absolute atomic E-state index is 0.146. The molecule has 2 aliphatic heterocycles. The molecule has 2 atom stereocenters. The van der Waals surface area contributed by atoms with Gasteiger partial charge in [0.05, 0.1) is 10.5 Å². The first kappa shape index (κ1) is 21.1. The highest BCUT2D eigenvalue weighted by Crippen LogP contribution is 2.34. The monoisotopic (exact) mass is 442 g/mol. The zero-order valence-electron chi connectivity index (χ0n) is 17.7. The van der Waals surface area contributed by atoms with Gasteiger partial charge < -0.3 is 4.90 Å². The summed E-state index contributed by atoms with van der Waals surface area (Å²) in [5.74, 6) is 1.54. The number of carbonyl (C=O) groups excluding carboxylic acids is 1. The van der Waals surface area contributed by atoms with Gasteiger partial charge in [-0.05, 0) is 49.8 Å². The van der Waals surface area contributed by atoms with E-state index in [9.17, 15) is 9.59 Å². The van der Waals surface area contributed by atoms with Crippen LogP contribution in [0.4, 0.5) is 5.82 Å². The molecule has 0 saturated carbocycles. The molecular weight excluding hydrogens is 416 g/mol. The van der Waals surface area contributed by atoms with E-state index in [4.69, 9.17) is 17.2 Å². The van der Waals surface area contributed by atoms with Crippen molar-refractivity contribution in [2.75, 3.05) is 24.5 Å². The van der Waals surface area contributed by atoms with Crippen LogP contribution in [0.1, 0.15) is 38.3 Å². The number of rotatable bonds is 3. The van der Waals surface area contributed by atoms with Crippen molar-refractivity contribution in [3.8, 4) is 0 Å². The molecule has 4 heterocycles. The summed E-state index contributed by atoms with van der Waals surface area (Å²) >= 11 is 6.59. The number of thioether (sulfide) groups is 1. The van der Waals surface area contributed by atoms with Crippen LogP contribution in [0, 0.1) is 18.8 Å². The highest BCUT2D eigenvalue weighted by Gasteiger charge is 2.32. The van der Waals surface area contributed by atoms with Crippen molar-refractivity contribution in [1.29, 1.82) is 0 Å². The normalized spacial score (nSPS) is 23.8. The number of thiocarbonyl (C=S) groups is 1. The third-order valence-corrected chi connectivity index (χ3v) is 7.08. The molecule has 2 aromatic rings. The number of likely N-dealkylation sites (N-methyl/N-ethyl adjacent to an activating group) is 1. The standard InChI is InChI=1S/C22H26N4O2S2/c1-5-25-21(28)17(30-22(25)29)10-16-19(24-11-13(2)9-14(3)12-24)23-18-15(4)7-6-8-26(18)20(16)27/h6-8,10,13-14H,5,9,11-12H2,1-4H3/b17-10+/t13-,14-/m1/s1. The van der Waals surface area contributed by atoms with Gasteiger partial charge in [0.15, 0.2) is 0 Å². The molecule has 0 radical (unpaired) electrons. The summed E-state index contributed by atoms with van der Waals surface area (Å²) in [6, 6.07) is 3.80. The number of piperidine rings is 1. The van der Waals surface area contributed by atoms with Gasteiger partial charge in [0.2, 0.25) is 0 Å². The number of pyridine rings is 1. The molecule has 0 aliphatic carbocycles. The maximum Gasteiger partial charge on any atom is 0.267 e. The summed E-state index contributed by atoms with van der Waals surface area (Å²) in [4.78, 5) is 35.5. The molecule has 6 nitrogen and oxygen atoms in total. The van der Waals surface area contributed by atoms with Crippen molar-refractivity contribution in [2.45, 2.75) is 34.1 Å². The largest absolute Gasteiger partial charge is 0.355 e. The van der Waals surface area contributed by atoms with Crippen LogP contribution in [-0.4, -0.2) is 44.1 Å². The summed E-state index contributed by atoms with van der Waals surface area (Å²) in [6.45, 7) is 10.5. The van der Waals surface area contributed by atoms with Gasteiger partial charge in [-0.25, -0.2) is 4.98 Å². The quantitative estimate of drug-likeness (QED) is 0.534. The Hall–Kier alpha value is -2.19. The number of nitrogens with zero attached hydrogens (tertiary/aromatic N) is 4. The SMILES string of the molecule is CCN1C(=O)/C(=C\c2c(N3C[C@H](C)C[C@@H](C)C3)nc3c(C)cccn3c2=O)SC1=S. The fraction of sp³-hybridized carbons (Fsp3) is 0.455. The molecule has 4 rings (SSSR count). The average molecular weight is 443 g/mol. The Morgan fingerprint density at radius 2 is 1.97 bits per heavy atom. The first-order valence-electron chi connectivity index (χ1n) is 10.3. The summed E-state index contributed by atoms with van der Waals surface area (Å²) in [6.07, 6.45) is 4.59. The van der Waals surface area contributed by atoms with Gasteiger partial charge in [0, 0.05) is 25.8 Å². The van der Waals surface area contributed by atoms with Gasteiger partial charge in [-0.1, -0.05) is 43.9 Å². The molecule has 8 heteroatoms. The smallest absolute Gasteiger partial charge is 0.267 e. The van der Waals surface area contributed by atoms with E-state index in [1.807, 2.05) is 26.0 Å². The van der Waals surface area contributed by atoms with Gasteiger partial charge in [-0.15, -0.1) is 0 Å². The highest BCUT2D eigenvalue weighted by atomic mass is 32.2. The van der Waals surface area contributed by atoms with E-state index in [1.54, 1.807) is 21.6 Å². The first-order valence-corrected chi connectivity index (χ1v) is 11.5. The first-order chi connectivity index (χ1) is 14.3. The minimum Gasteiger partial charge on any atom is -0.355 e. The van der Waals surface area contributed by atoms with E-state index in [2.05, 4.69) is 18.7 Å². The number of hydrogen-bond donors (Lipinski definition) is 0. The second-order valence-electron chi connectivity index (χ2n) is 8.32. The second-order valence-corrected chi connectivity index (χ2v) is 9.99. The van der Waals surface area contributed by atoms with Gasteiger partial charge in [-0.2, -0.15) is 0 Å². The Balaban J connectivity index is 1.92. The molecule has 158 valence electrons. The third-order valence-electron chi connectivity index (χ3n) is 5.70. The molecule has 2 fully saturated rings. The van der Waals surface area contributed by atoms with Gasteiger partial charge >= 0.3 is 0 Å². The van der Waals surface area contributed by atoms with Crippen LogP contribution in [0.15, 0.2) is 28.0 Å². The molecule has 0 bridgehead atoms. The lowest BCUT2D eigenvalue weighted by molar-refractivity contribution is -0.121. The molecule has 0 spiro atoms. The van der Waals surface area contributed by atoms with E-state index in [0.29, 0.717) is 44.6 Å². The second kappa shape index (κ2) is 8.15. The molecule has 0 aromatic carbocycles. The number of hydrogen-bond acceptors (Lipinski definition) is 6. The lowest BCUT2D eigenvalue weighted by Gasteiger charge is -2.36. The minimum atomic E-state index is -0.161. The Morgan fingerprint density at radius 3 is 2.60 bits per heavy atom. The van der Waals surface area contributed by atoms with Crippen molar-refractivity contribution in [3.05, 3.63) is 44.7 Å². The number of carbonyl (C=O) groups is 1. The summed E-state index contributed by atoms with van der Waals surface area (Å²) < 4.78 is 2.10. The lowest BCUT2D eigenvalue weighted by atomic mass is 9.91. The Morgan fingerprint density at radius 1 is 1.27 bits per heavy atom. The van der Waals surface area contributed by atoms with Crippen LogP contribution in [0.25, 0.3) is 11.7 Å². The fourth-order valence-electron chi connectivity index (χ4n) is 4.41. The Kier molecular flexibility index (Phi) is 5.72. The van der Waals surface area contributed by atoms with Crippen LogP contribution in [0.5, 0.6) is 0 Å². The van der Waals surface area contributed by atoms with Crippen LogP contribution in [0.3, 0.4) is 0 Å². The predicted molar refractivity (Wildman–Crippen MR) is 127 cm³/mol. The lowest BCUT2D eigenvalue weighted by Crippen LogP contribution is -2.40. The zero-order chi connectivity index (χ0) is 21.6. The Bertz CT molecular complexity index is 1110. The number of amides is 1. The third kappa shape index (κ3) is 3.67. The van der Waals surface area contributed by atoms with E-state index in [0.717, 1.165) is 25.1 Å². The van der Waals surface area contributed by atoms with Crippen molar-refractivity contribution >= 4 is 51.7 Å². The van der Waals surface area contributed by atoms with Gasteiger partial charge in [0.25, 0.3) is 11.5 Å². The predicted octanol–water partition coefficient (Wildman–Crippen LogP) is 3.71. The summed E-state index contributed by atoms with van der Waals surface area (Å²) in [5, 5.41) is 0. The molecule has 0 unspecified atom stereocenters. The fourth-order valence-corrected chi connectivity index (χ4v) is 5.77. The van der Waals surface area contributed by atoms with Crippen LogP contribution < -0.4 is 10.5 Å². The van der Waals surface area contributed by atoms with Crippen molar-refractivity contribution in [1.82, 2.24) is 14.3 Å². The molecule has 0 N–H and O–H groups in total. The molecule has 2 saturated heterocycles. The Labute approximate surface area is 186 Å². The summed E-state index contributed by atoms with van der Waals surface area (Å²) in [7, 11) is 0. The van der Waals surface area contributed by atoms with Crippen molar-refractivity contribution < 1.29 is 4.79 Å². The number of anilines is 1. The number of aryl methyl sites for hydroxylation is 1. The average Bonchev–Trinajstić information content (AvgIpc) is 2.96. The van der Waals surface area contributed by atoms with E-state index in [1.165, 1.54) is 11.8 Å². The van der Waals surface area contributed by atoms with Crippen molar-refractivity contribution in [3.63, 3.8) is 0 Å². The zero-order valence-corrected chi connectivity index (χ0v) is 19.3. The number of fused-ring (bicyclic) bond motifs is 1. The van der Waals surface area contributed by atoms with Gasteiger partial charge in [0.1, 0.15) is 15.8 Å². The van der Waals surface area contributed by atoms with E-state index < -0.39 is 0 Å². The van der Waals surface area contributed by atoms with E-state index >= 15 is 0 Å². The molecule has 1 amide bonds. The van der Waals surface area contributed by atoms with Crippen LogP contribution in [0.2, 0.25) is 0 Å². The van der Waals surface area contributed by atoms with Gasteiger partial charge in [-0.3, -0.25) is 18.9 Å². The van der Waals surface area contributed by atoms with E-state index in [-0.39, 0.29) is 11.5 Å². The van der Waals surface area contributed by atoms with Crippen LogP contribution >= 0.6 is 24.0 Å².